The van der Waals surface area contributed by atoms with Gasteiger partial charge in [0.2, 0.25) is 0 Å². The minimum absolute atomic E-state index is 0.0481. The summed E-state index contributed by atoms with van der Waals surface area (Å²) in [5.41, 5.74) is 10.9. The number of aromatic nitrogens is 1. The molecule has 0 unspecified atom stereocenters. The van der Waals surface area contributed by atoms with Crippen molar-refractivity contribution in [2.45, 2.75) is 136 Å². The minimum Gasteiger partial charge on any atom is -0.497 e. The van der Waals surface area contributed by atoms with Crippen LogP contribution in [0.1, 0.15) is 155 Å². The van der Waals surface area contributed by atoms with Crippen molar-refractivity contribution in [3.05, 3.63) is 118 Å². The van der Waals surface area contributed by atoms with Gasteiger partial charge in [0.25, 0.3) is 0 Å². The Balaban J connectivity index is 0.000000203. The van der Waals surface area contributed by atoms with Gasteiger partial charge in [0.15, 0.2) is 0 Å². The Kier molecular flexibility index (Phi) is 18.8. The summed E-state index contributed by atoms with van der Waals surface area (Å²) >= 11 is 2.99. The number of benzene rings is 4. The maximum absolute atomic E-state index is 13.1. The average Bonchev–Trinajstić information content (AvgIpc) is 3.91. The van der Waals surface area contributed by atoms with Gasteiger partial charge in [-0.2, -0.15) is 0 Å². The van der Waals surface area contributed by atoms with Gasteiger partial charge < -0.3 is 33.0 Å². The summed E-state index contributed by atoms with van der Waals surface area (Å²) in [7, 11) is 6.16. The lowest BCUT2D eigenvalue weighted by Gasteiger charge is -2.25. The molecule has 5 aromatic rings. The monoisotopic (exact) mass is 1030 g/mol. The van der Waals surface area contributed by atoms with Crippen LogP contribution >= 0.6 is 15.9 Å². The molecule has 380 valence electrons. The van der Waals surface area contributed by atoms with E-state index in [4.69, 9.17) is 28.4 Å². The first-order valence-corrected chi connectivity index (χ1v) is 26.0. The Labute approximate surface area is 428 Å². The Morgan fingerprint density at radius 3 is 1.58 bits per heavy atom. The van der Waals surface area contributed by atoms with Crippen LogP contribution < -0.4 is 9.47 Å². The second-order valence-corrected chi connectivity index (χ2v) is 21.0. The third-order valence-corrected chi connectivity index (χ3v) is 13.6. The van der Waals surface area contributed by atoms with Crippen molar-refractivity contribution in [2.75, 3.05) is 33.8 Å². The van der Waals surface area contributed by atoms with Gasteiger partial charge in [-0.1, -0.05) is 78.7 Å². The Bertz CT molecular complexity index is 2670. The number of carbonyl (C=O) groups is 4. The lowest BCUT2D eigenvalue weighted by molar-refractivity contribution is -0.155. The fourth-order valence-corrected chi connectivity index (χ4v) is 10.2. The van der Waals surface area contributed by atoms with Gasteiger partial charge in [-0.3, -0.25) is 9.59 Å². The van der Waals surface area contributed by atoms with Gasteiger partial charge in [0.05, 0.1) is 50.8 Å². The van der Waals surface area contributed by atoms with E-state index in [9.17, 15) is 19.2 Å². The summed E-state index contributed by atoms with van der Waals surface area (Å²) in [6, 6.07) is 28.0. The maximum atomic E-state index is 13.1. The van der Waals surface area contributed by atoms with Gasteiger partial charge in [-0.05, 0) is 185 Å². The van der Waals surface area contributed by atoms with E-state index in [0.29, 0.717) is 23.0 Å². The second kappa shape index (κ2) is 24.5. The van der Waals surface area contributed by atoms with Crippen LogP contribution in [0.5, 0.6) is 11.5 Å². The highest BCUT2D eigenvalue weighted by Gasteiger charge is 2.31. The van der Waals surface area contributed by atoms with Crippen LogP contribution in [-0.4, -0.2) is 73.4 Å². The Morgan fingerprint density at radius 2 is 1.08 bits per heavy atom. The average molecular weight is 1040 g/mol. The van der Waals surface area contributed by atoms with Crippen LogP contribution in [0.25, 0.3) is 33.3 Å². The first-order chi connectivity index (χ1) is 33.9. The van der Waals surface area contributed by atoms with E-state index in [1.54, 1.807) is 14.2 Å². The first kappa shape index (κ1) is 54.5. The second-order valence-electron chi connectivity index (χ2n) is 20.4. The molecule has 0 radical (unpaired) electrons. The predicted molar refractivity (Wildman–Crippen MR) is 284 cm³/mol. The van der Waals surface area contributed by atoms with Gasteiger partial charge in [0, 0.05) is 5.39 Å². The molecule has 3 aliphatic rings. The summed E-state index contributed by atoms with van der Waals surface area (Å²) < 4.78 is 33.2. The summed E-state index contributed by atoms with van der Waals surface area (Å²) in [6.07, 6.45) is 13.2. The zero-order valence-corrected chi connectivity index (χ0v) is 44.9. The normalized spacial score (nSPS) is 15.1. The molecular formula is C59H72BrNO10. The molecule has 8 rings (SSSR count). The molecule has 0 atom stereocenters. The van der Waals surface area contributed by atoms with E-state index in [1.165, 1.54) is 99.0 Å². The molecule has 0 saturated heterocycles. The number of halogens is 1. The molecule has 0 bridgehead atoms. The number of methoxy groups -OCH3 is 4. The number of alkyl halides is 1. The molecule has 0 N–H and O–H groups in total. The molecule has 12 heteroatoms. The van der Waals surface area contributed by atoms with E-state index in [1.807, 2.05) is 113 Å². The fraction of sp³-hybridized carbons (Fsp3) is 0.458. The lowest BCUT2D eigenvalue weighted by atomic mass is 9.79. The largest absolute Gasteiger partial charge is 0.497 e. The first-order valence-electron chi connectivity index (χ1n) is 24.9. The van der Waals surface area contributed by atoms with Crippen molar-refractivity contribution in [1.82, 2.24) is 4.57 Å². The molecule has 71 heavy (non-hydrogen) atoms. The third kappa shape index (κ3) is 14.2. The van der Waals surface area contributed by atoms with Crippen LogP contribution in [-0.2, 0) is 41.5 Å². The molecule has 1 heterocycles. The van der Waals surface area contributed by atoms with Crippen molar-refractivity contribution in [1.29, 1.82) is 0 Å². The van der Waals surface area contributed by atoms with Crippen LogP contribution in [0.3, 0.4) is 0 Å². The quantitative estimate of drug-likeness (QED) is 0.0716. The topological polar surface area (TPSA) is 129 Å². The maximum Gasteiger partial charge on any atom is 0.337 e. The number of allylic oxidation sites excluding steroid dienone is 2. The molecule has 11 nitrogen and oxygen atoms in total. The standard InChI is InChI=1S/C29H35NO5.C24H26O3.C6H11BrO2/c1-29(2,3)35-25(31)18-30-24-17-21(28(32)34-5)13-16-23(24)26(19-9-7-6-8-10-19)27(30)20-11-14-22(33-4)15-12-20;1-26-20-11-8-16(9-12-20)22-15-19-14-18(24(25)27-2)10-13-21(19)23(22)17-6-4-3-5-7-17;1-6(2,3)9-5(8)4-7/h11-17,19H,6-10,18H2,1-5H3;8-14,17H,3-7,15H2,1-2H3;4H2,1-3H3. The van der Waals surface area contributed by atoms with E-state index in [2.05, 4.69) is 34.1 Å². The number of ether oxygens (including phenoxy) is 6. The Hall–Kier alpha value is -5.88. The van der Waals surface area contributed by atoms with Gasteiger partial charge >= 0.3 is 23.9 Å². The zero-order valence-electron chi connectivity index (χ0n) is 43.3. The number of rotatable bonds is 11. The number of esters is 4. The van der Waals surface area contributed by atoms with Crippen LogP contribution in [0.4, 0.5) is 0 Å². The van der Waals surface area contributed by atoms with E-state index < -0.39 is 11.6 Å². The molecule has 2 saturated carbocycles. The molecule has 0 aliphatic heterocycles. The summed E-state index contributed by atoms with van der Waals surface area (Å²) in [4.78, 5) is 48.0. The molecule has 0 spiro atoms. The molecular weight excluding hydrogens is 963 g/mol. The van der Waals surface area contributed by atoms with Crippen molar-refractivity contribution < 1.29 is 47.6 Å². The molecule has 2 fully saturated rings. The molecule has 1 aromatic heterocycles. The zero-order chi connectivity index (χ0) is 51.5. The van der Waals surface area contributed by atoms with Crippen LogP contribution in [0, 0.1) is 5.92 Å². The Morgan fingerprint density at radius 1 is 0.592 bits per heavy atom. The lowest BCUT2D eigenvalue weighted by Crippen LogP contribution is -2.26. The number of carbonyl (C=O) groups excluding carboxylic acids is 4. The highest BCUT2D eigenvalue weighted by atomic mass is 79.9. The van der Waals surface area contributed by atoms with Crippen molar-refractivity contribution in [3.8, 4) is 22.8 Å². The van der Waals surface area contributed by atoms with E-state index in [-0.39, 0.29) is 35.4 Å². The number of hydrogen-bond donors (Lipinski definition) is 0. The summed E-state index contributed by atoms with van der Waals surface area (Å²) in [5.74, 6) is 1.44. The van der Waals surface area contributed by atoms with Crippen LogP contribution in [0.2, 0.25) is 0 Å². The SMILES string of the molecule is CC(C)(C)OC(=O)CBr.COC(=O)c1ccc2c(C3CCCCC3)c(-c3ccc(OC)cc3)n(CC(=O)OC(C)(C)C)c2c1.COC(=O)c1ccc2c(c1)CC(c1ccc(OC)cc1)=C2C1CCCCC1. The highest BCUT2D eigenvalue weighted by molar-refractivity contribution is 9.09. The van der Waals surface area contributed by atoms with Gasteiger partial charge in [-0.25, -0.2) is 9.59 Å². The van der Waals surface area contributed by atoms with E-state index >= 15 is 0 Å². The van der Waals surface area contributed by atoms with E-state index in [0.717, 1.165) is 52.9 Å². The van der Waals surface area contributed by atoms with Crippen molar-refractivity contribution in [2.24, 2.45) is 5.92 Å². The highest BCUT2D eigenvalue weighted by Crippen LogP contribution is 2.48. The molecule has 3 aliphatic carbocycles. The molecule has 4 aromatic carbocycles. The summed E-state index contributed by atoms with van der Waals surface area (Å²) in [5, 5.41) is 1.34. The smallest absolute Gasteiger partial charge is 0.337 e. The van der Waals surface area contributed by atoms with Gasteiger partial charge in [0.1, 0.15) is 34.6 Å². The number of fused-ring (bicyclic) bond motifs is 2. The summed E-state index contributed by atoms with van der Waals surface area (Å²) in [6.45, 7) is 11.2. The van der Waals surface area contributed by atoms with Gasteiger partial charge in [-0.15, -0.1) is 0 Å². The van der Waals surface area contributed by atoms with Crippen molar-refractivity contribution in [3.63, 3.8) is 0 Å². The van der Waals surface area contributed by atoms with Crippen LogP contribution in [0.15, 0.2) is 84.9 Å². The van der Waals surface area contributed by atoms with Crippen molar-refractivity contribution >= 4 is 61.9 Å². The molecule has 0 amide bonds. The number of hydrogen-bond acceptors (Lipinski definition) is 10. The minimum atomic E-state index is -0.594. The fourth-order valence-electron chi connectivity index (χ4n) is 10.1. The predicted octanol–water partition coefficient (Wildman–Crippen LogP) is 13.7. The third-order valence-electron chi connectivity index (χ3n) is 13.1. The number of nitrogens with zero attached hydrogens (tertiary/aromatic N) is 1.